The Bertz CT molecular complexity index is 412. The molecule has 1 aromatic rings. The Hall–Kier alpha value is -1.03. The lowest BCUT2D eigenvalue weighted by Crippen LogP contribution is -2.38. The van der Waals surface area contributed by atoms with Crippen molar-refractivity contribution >= 4 is 0 Å². The molecular formula is C14H18F3N. The average Bonchev–Trinajstić information content (AvgIpc) is 2.33. The van der Waals surface area contributed by atoms with Crippen LogP contribution in [0, 0.1) is 12.7 Å². The van der Waals surface area contributed by atoms with Crippen molar-refractivity contribution < 1.29 is 13.2 Å². The molecule has 1 atom stereocenters. The maximum Gasteiger partial charge on any atom is 0.274 e. The minimum Gasteiger partial charge on any atom is -0.314 e. The highest BCUT2D eigenvalue weighted by atomic mass is 19.3. The molecule has 0 radical (unpaired) electrons. The van der Waals surface area contributed by atoms with Gasteiger partial charge >= 0.3 is 0 Å². The van der Waals surface area contributed by atoms with Crippen molar-refractivity contribution in [1.29, 1.82) is 0 Å². The van der Waals surface area contributed by atoms with Gasteiger partial charge in [-0.3, -0.25) is 0 Å². The van der Waals surface area contributed by atoms with E-state index in [-0.39, 0.29) is 23.6 Å². The van der Waals surface area contributed by atoms with E-state index >= 15 is 0 Å². The molecule has 4 heteroatoms. The summed E-state index contributed by atoms with van der Waals surface area (Å²) in [7, 11) is 0. The van der Waals surface area contributed by atoms with Crippen molar-refractivity contribution in [2.45, 2.75) is 44.6 Å². The maximum absolute atomic E-state index is 14.1. The molecule has 1 nitrogen and oxygen atoms in total. The second-order valence-electron chi connectivity index (χ2n) is 5.02. The first-order valence-electron chi connectivity index (χ1n) is 6.37. The van der Waals surface area contributed by atoms with E-state index in [9.17, 15) is 13.2 Å². The molecule has 18 heavy (non-hydrogen) atoms. The standard InChI is InChI=1S/C14H18F3N/c1-10-8-11(5-6-13(10)15)14(16,17)9-12-4-2-3-7-18-12/h5-6,8,12,18H,2-4,7,9H2,1H3. The summed E-state index contributed by atoms with van der Waals surface area (Å²) in [6, 6.07) is 3.41. The molecule has 1 unspecified atom stereocenters. The van der Waals surface area contributed by atoms with E-state index in [1.54, 1.807) is 0 Å². The Balaban J connectivity index is 2.10. The quantitative estimate of drug-likeness (QED) is 0.869. The molecule has 1 N–H and O–H groups in total. The van der Waals surface area contributed by atoms with Gasteiger partial charge in [0, 0.05) is 18.0 Å². The highest BCUT2D eigenvalue weighted by Gasteiger charge is 2.35. The van der Waals surface area contributed by atoms with E-state index in [2.05, 4.69) is 5.32 Å². The summed E-state index contributed by atoms with van der Waals surface area (Å²) in [5.41, 5.74) is 0.178. The Morgan fingerprint density at radius 3 is 2.72 bits per heavy atom. The number of hydrogen-bond donors (Lipinski definition) is 1. The Kier molecular flexibility index (Phi) is 3.95. The summed E-state index contributed by atoms with van der Waals surface area (Å²) in [4.78, 5) is 0. The third-order valence-corrected chi connectivity index (χ3v) is 3.50. The first-order valence-corrected chi connectivity index (χ1v) is 6.37. The molecule has 0 aliphatic carbocycles. The van der Waals surface area contributed by atoms with Gasteiger partial charge in [0.2, 0.25) is 0 Å². The minimum absolute atomic E-state index is 0.0891. The number of benzene rings is 1. The third kappa shape index (κ3) is 3.05. The second kappa shape index (κ2) is 5.31. The van der Waals surface area contributed by atoms with Crippen LogP contribution >= 0.6 is 0 Å². The molecule has 1 aliphatic rings. The van der Waals surface area contributed by atoms with Gasteiger partial charge in [-0.2, -0.15) is 0 Å². The number of alkyl halides is 2. The van der Waals surface area contributed by atoms with Crippen LogP contribution in [-0.4, -0.2) is 12.6 Å². The third-order valence-electron chi connectivity index (χ3n) is 3.50. The fraction of sp³-hybridized carbons (Fsp3) is 0.571. The summed E-state index contributed by atoms with van der Waals surface area (Å²) in [6.07, 6.45) is 2.63. The fourth-order valence-corrected chi connectivity index (χ4v) is 2.40. The van der Waals surface area contributed by atoms with E-state index in [1.807, 2.05) is 0 Å². The van der Waals surface area contributed by atoms with Crippen LogP contribution in [0.3, 0.4) is 0 Å². The smallest absolute Gasteiger partial charge is 0.274 e. The fourth-order valence-electron chi connectivity index (χ4n) is 2.40. The van der Waals surface area contributed by atoms with Crippen molar-refractivity contribution in [3.63, 3.8) is 0 Å². The number of halogens is 3. The number of rotatable bonds is 3. The lowest BCUT2D eigenvalue weighted by atomic mass is 9.94. The monoisotopic (exact) mass is 257 g/mol. The van der Waals surface area contributed by atoms with Crippen molar-refractivity contribution in [1.82, 2.24) is 5.32 Å². The van der Waals surface area contributed by atoms with Crippen LogP contribution in [-0.2, 0) is 5.92 Å². The van der Waals surface area contributed by atoms with Gasteiger partial charge in [0.25, 0.3) is 5.92 Å². The van der Waals surface area contributed by atoms with Crippen LogP contribution in [0.25, 0.3) is 0 Å². The molecule has 0 bridgehead atoms. The van der Waals surface area contributed by atoms with Gasteiger partial charge in [0.05, 0.1) is 0 Å². The molecule has 1 aliphatic heterocycles. The zero-order valence-corrected chi connectivity index (χ0v) is 10.5. The van der Waals surface area contributed by atoms with Crippen LogP contribution in [0.1, 0.15) is 36.8 Å². The number of aryl methyl sites for hydroxylation is 1. The summed E-state index contributed by atoms with van der Waals surface area (Å²) in [5.74, 6) is -3.33. The van der Waals surface area contributed by atoms with Crippen molar-refractivity contribution in [3.8, 4) is 0 Å². The number of hydrogen-bond acceptors (Lipinski definition) is 1. The Morgan fingerprint density at radius 2 is 2.11 bits per heavy atom. The Labute approximate surface area is 105 Å². The first-order chi connectivity index (χ1) is 8.49. The topological polar surface area (TPSA) is 12.0 Å². The van der Waals surface area contributed by atoms with Gasteiger partial charge in [-0.05, 0) is 44.0 Å². The van der Waals surface area contributed by atoms with Crippen molar-refractivity contribution in [2.75, 3.05) is 6.54 Å². The van der Waals surface area contributed by atoms with Crippen LogP contribution in [0.4, 0.5) is 13.2 Å². The van der Waals surface area contributed by atoms with E-state index in [0.29, 0.717) is 0 Å². The molecule has 0 saturated carbocycles. The van der Waals surface area contributed by atoms with Gasteiger partial charge in [0.15, 0.2) is 0 Å². The van der Waals surface area contributed by atoms with E-state index < -0.39 is 11.7 Å². The molecule has 1 fully saturated rings. The van der Waals surface area contributed by atoms with Gasteiger partial charge < -0.3 is 5.32 Å². The number of nitrogens with one attached hydrogen (secondary N) is 1. The normalized spacial score (nSPS) is 21.0. The molecule has 0 aromatic heterocycles. The lowest BCUT2D eigenvalue weighted by molar-refractivity contribution is -0.0254. The summed E-state index contributed by atoms with van der Waals surface area (Å²) >= 11 is 0. The van der Waals surface area contributed by atoms with Crippen LogP contribution in [0.2, 0.25) is 0 Å². The summed E-state index contributed by atoms with van der Waals surface area (Å²) < 4.78 is 41.3. The first kappa shape index (κ1) is 13.4. The van der Waals surface area contributed by atoms with Gasteiger partial charge in [-0.1, -0.05) is 12.5 Å². The predicted octanol–water partition coefficient (Wildman–Crippen LogP) is 3.76. The zero-order valence-electron chi connectivity index (χ0n) is 10.5. The largest absolute Gasteiger partial charge is 0.314 e. The predicted molar refractivity (Wildman–Crippen MR) is 65.3 cm³/mol. The summed E-state index contributed by atoms with van der Waals surface area (Å²) in [5, 5.41) is 3.12. The Morgan fingerprint density at radius 1 is 1.33 bits per heavy atom. The molecule has 2 rings (SSSR count). The minimum atomic E-state index is -2.90. The van der Waals surface area contributed by atoms with Gasteiger partial charge in [-0.25, -0.2) is 13.2 Å². The molecule has 1 aromatic carbocycles. The average molecular weight is 257 g/mol. The molecule has 1 saturated heterocycles. The SMILES string of the molecule is Cc1cc(C(F)(F)CC2CCCCN2)ccc1F. The molecular weight excluding hydrogens is 239 g/mol. The van der Waals surface area contributed by atoms with Crippen LogP contribution in [0.5, 0.6) is 0 Å². The molecule has 0 amide bonds. The second-order valence-corrected chi connectivity index (χ2v) is 5.02. The van der Waals surface area contributed by atoms with Gasteiger partial charge in [0.1, 0.15) is 5.82 Å². The van der Waals surface area contributed by atoms with Crippen molar-refractivity contribution in [2.24, 2.45) is 0 Å². The lowest BCUT2D eigenvalue weighted by Gasteiger charge is -2.28. The highest BCUT2D eigenvalue weighted by molar-refractivity contribution is 5.27. The van der Waals surface area contributed by atoms with E-state index in [4.69, 9.17) is 0 Å². The zero-order chi connectivity index (χ0) is 13.2. The molecule has 100 valence electrons. The number of piperidine rings is 1. The molecule has 1 heterocycles. The van der Waals surface area contributed by atoms with Gasteiger partial charge in [-0.15, -0.1) is 0 Å². The van der Waals surface area contributed by atoms with Crippen LogP contribution < -0.4 is 5.32 Å². The highest BCUT2D eigenvalue weighted by Crippen LogP contribution is 2.35. The van der Waals surface area contributed by atoms with E-state index in [1.165, 1.54) is 19.1 Å². The van der Waals surface area contributed by atoms with Crippen LogP contribution in [0.15, 0.2) is 18.2 Å². The van der Waals surface area contributed by atoms with Crippen molar-refractivity contribution in [3.05, 3.63) is 35.1 Å². The maximum atomic E-state index is 14.1. The van der Waals surface area contributed by atoms with E-state index in [0.717, 1.165) is 31.9 Å². The molecule has 0 spiro atoms. The summed E-state index contributed by atoms with van der Waals surface area (Å²) in [6.45, 7) is 2.32.